The molecule has 0 aliphatic rings. The van der Waals surface area contributed by atoms with Gasteiger partial charge in [-0.2, -0.15) is 0 Å². The zero-order valence-corrected chi connectivity index (χ0v) is 14.2. The van der Waals surface area contributed by atoms with Gasteiger partial charge < -0.3 is 10.2 Å². The lowest BCUT2D eigenvalue weighted by molar-refractivity contribution is 0.0682. The summed E-state index contributed by atoms with van der Waals surface area (Å²) >= 11 is 5.36. The summed E-state index contributed by atoms with van der Waals surface area (Å²) in [6, 6.07) is 13.2. The molecule has 2 N–H and O–H groups in total. The average molecular weight is 370 g/mol. The summed E-state index contributed by atoms with van der Waals surface area (Å²) in [6.07, 6.45) is 0. The van der Waals surface area contributed by atoms with Gasteiger partial charge in [0.25, 0.3) is 0 Å². The van der Waals surface area contributed by atoms with E-state index in [1.165, 1.54) is 33.7 Å². The van der Waals surface area contributed by atoms with Crippen molar-refractivity contribution in [2.75, 3.05) is 0 Å². The van der Waals surface area contributed by atoms with E-state index in [9.17, 15) is 9.59 Å². The predicted octanol–water partition coefficient (Wildman–Crippen LogP) is 3.88. The average Bonchev–Trinajstić information content (AvgIpc) is 2.47. The summed E-state index contributed by atoms with van der Waals surface area (Å²) in [5.74, 6) is -2.02. The van der Waals surface area contributed by atoms with Crippen LogP contribution in [-0.2, 0) is 18.7 Å². The molecule has 22 heavy (non-hydrogen) atoms. The Bertz CT molecular complexity index is 684. The summed E-state index contributed by atoms with van der Waals surface area (Å²) < 4.78 is 0. The van der Waals surface area contributed by atoms with E-state index < -0.39 is 19.5 Å². The molecule has 0 amide bonds. The molecule has 0 unspecified atom stereocenters. The van der Waals surface area contributed by atoms with Gasteiger partial charge in [-0.1, -0.05) is 24.3 Å². The van der Waals surface area contributed by atoms with Crippen LogP contribution >= 0.6 is 21.6 Å². The number of rotatable bonds is 6. The molecule has 2 aromatic rings. The number of carboxylic acids is 2. The van der Waals surface area contributed by atoms with E-state index in [1.54, 1.807) is 36.4 Å². The van der Waals surface area contributed by atoms with Gasteiger partial charge in [0.1, 0.15) is 0 Å². The maximum atomic E-state index is 11.2. The van der Waals surface area contributed by atoms with Crippen molar-refractivity contribution in [3.05, 3.63) is 59.7 Å². The molecule has 0 saturated carbocycles. The zero-order valence-electron chi connectivity index (χ0n) is 11.0. The van der Waals surface area contributed by atoms with E-state index in [0.29, 0.717) is 9.79 Å². The Balaban J connectivity index is 2.18. The number of benzene rings is 2. The molecule has 0 spiro atoms. The summed E-state index contributed by atoms with van der Waals surface area (Å²) in [5, 5.41) is 18.3. The standard InChI is InChI=1S/C14H10O4S4/c15-13(16)9-5-1-3-7-11(9)20-22(19)21-12-8-4-2-6-10(12)14(17)18/h1-8H,(H,15,16)(H,17,18). The number of aromatic carboxylic acids is 2. The van der Waals surface area contributed by atoms with Crippen LogP contribution in [0.2, 0.25) is 0 Å². The minimum absolute atomic E-state index is 0.196. The van der Waals surface area contributed by atoms with Crippen LogP contribution in [0.25, 0.3) is 0 Å². The van der Waals surface area contributed by atoms with E-state index in [-0.39, 0.29) is 11.1 Å². The Morgan fingerprint density at radius 1 is 0.818 bits per heavy atom. The monoisotopic (exact) mass is 370 g/mol. The van der Waals surface area contributed by atoms with Gasteiger partial charge in [0, 0.05) is 17.3 Å². The van der Waals surface area contributed by atoms with Gasteiger partial charge in [0.05, 0.1) is 11.1 Å². The van der Waals surface area contributed by atoms with Crippen LogP contribution in [0.1, 0.15) is 20.7 Å². The Morgan fingerprint density at radius 3 is 1.55 bits per heavy atom. The van der Waals surface area contributed by atoms with Crippen LogP contribution in [0.3, 0.4) is 0 Å². The summed E-state index contributed by atoms with van der Waals surface area (Å²) in [6.45, 7) is 0. The Kier molecular flexibility index (Phi) is 6.01. The van der Waals surface area contributed by atoms with Crippen LogP contribution in [0.5, 0.6) is 0 Å². The van der Waals surface area contributed by atoms with Crippen molar-refractivity contribution < 1.29 is 19.8 Å². The molecule has 2 aromatic carbocycles. The summed E-state index contributed by atoms with van der Waals surface area (Å²) in [5.41, 5.74) is 0.393. The summed E-state index contributed by atoms with van der Waals surface area (Å²) in [4.78, 5) is 23.5. The molecule has 2 rings (SSSR count). The molecule has 4 nitrogen and oxygen atoms in total. The summed E-state index contributed by atoms with van der Waals surface area (Å²) in [7, 11) is 1.76. The van der Waals surface area contributed by atoms with Crippen molar-refractivity contribution in [1.82, 2.24) is 0 Å². The van der Waals surface area contributed by atoms with E-state index in [0.717, 1.165) is 0 Å². The minimum Gasteiger partial charge on any atom is -0.478 e. The predicted molar refractivity (Wildman–Crippen MR) is 93.2 cm³/mol. The highest BCUT2D eigenvalue weighted by Crippen LogP contribution is 2.37. The maximum Gasteiger partial charge on any atom is 0.336 e. The van der Waals surface area contributed by atoms with Crippen LogP contribution < -0.4 is 0 Å². The normalized spacial score (nSPS) is 10.6. The lowest BCUT2D eigenvalue weighted by Crippen LogP contribution is -1.99. The first-order valence-electron chi connectivity index (χ1n) is 5.92. The molecule has 114 valence electrons. The highest BCUT2D eigenvalue weighted by Gasteiger charge is 2.14. The van der Waals surface area contributed by atoms with Crippen LogP contribution in [0.4, 0.5) is 0 Å². The lowest BCUT2D eigenvalue weighted by atomic mass is 10.2. The third-order valence-corrected chi connectivity index (χ3v) is 8.24. The first kappa shape index (κ1) is 17.0. The lowest BCUT2D eigenvalue weighted by Gasteiger charge is -2.08. The SMILES string of the molecule is O=C(O)c1ccccc1SS(=S)Sc1ccccc1C(=O)O. The molecule has 0 heterocycles. The van der Waals surface area contributed by atoms with Crippen molar-refractivity contribution in [3.63, 3.8) is 0 Å². The van der Waals surface area contributed by atoms with E-state index >= 15 is 0 Å². The first-order valence-corrected chi connectivity index (χ1v) is 10.7. The molecule has 0 saturated heterocycles. The molecule has 0 fully saturated rings. The van der Waals surface area contributed by atoms with Crippen LogP contribution in [0.15, 0.2) is 58.3 Å². The van der Waals surface area contributed by atoms with Gasteiger partial charge in [-0.3, -0.25) is 0 Å². The first-order chi connectivity index (χ1) is 10.5. The molecule has 0 radical (unpaired) electrons. The molecule has 8 heteroatoms. The third-order valence-electron chi connectivity index (χ3n) is 2.55. The quantitative estimate of drug-likeness (QED) is 0.748. The fourth-order valence-corrected chi connectivity index (χ4v) is 7.48. The molecule has 0 aliphatic heterocycles. The largest absolute Gasteiger partial charge is 0.478 e. The van der Waals surface area contributed by atoms with Gasteiger partial charge in [0.2, 0.25) is 0 Å². The van der Waals surface area contributed by atoms with E-state index in [1.807, 2.05) is 0 Å². The van der Waals surface area contributed by atoms with Crippen molar-refractivity contribution in [3.8, 4) is 0 Å². The second kappa shape index (κ2) is 7.77. The molecular formula is C14H10O4S4. The van der Waals surface area contributed by atoms with E-state index in [4.69, 9.17) is 21.4 Å². The van der Waals surface area contributed by atoms with Crippen molar-refractivity contribution in [2.45, 2.75) is 9.79 Å². The van der Waals surface area contributed by atoms with Gasteiger partial charge in [-0.05, 0) is 57.0 Å². The Hall–Kier alpha value is -1.35. The zero-order chi connectivity index (χ0) is 16.1. The molecular weight excluding hydrogens is 360 g/mol. The Morgan fingerprint density at radius 2 is 1.18 bits per heavy atom. The van der Waals surface area contributed by atoms with Gasteiger partial charge >= 0.3 is 11.9 Å². The number of hydrogen-bond donors (Lipinski definition) is 2. The molecule has 0 aliphatic carbocycles. The van der Waals surface area contributed by atoms with Crippen LogP contribution in [0, 0.1) is 0 Å². The second-order valence-electron chi connectivity index (χ2n) is 3.97. The highest BCUT2D eigenvalue weighted by molar-refractivity contribution is 9.12. The maximum absolute atomic E-state index is 11.2. The topological polar surface area (TPSA) is 74.6 Å². The Labute approximate surface area is 141 Å². The van der Waals surface area contributed by atoms with Crippen molar-refractivity contribution in [2.24, 2.45) is 0 Å². The molecule has 0 aromatic heterocycles. The molecule has 0 atom stereocenters. The fourth-order valence-electron chi connectivity index (χ4n) is 1.60. The van der Waals surface area contributed by atoms with E-state index in [2.05, 4.69) is 0 Å². The van der Waals surface area contributed by atoms with Crippen molar-refractivity contribution >= 4 is 52.2 Å². The van der Waals surface area contributed by atoms with Gasteiger partial charge in [0.15, 0.2) is 0 Å². The number of hydrogen-bond acceptors (Lipinski definition) is 5. The number of carbonyl (C=O) groups is 2. The third kappa shape index (κ3) is 4.33. The van der Waals surface area contributed by atoms with Crippen molar-refractivity contribution in [1.29, 1.82) is 0 Å². The fraction of sp³-hybridized carbons (Fsp3) is 0. The van der Waals surface area contributed by atoms with Crippen LogP contribution in [-0.4, -0.2) is 22.2 Å². The second-order valence-corrected chi connectivity index (χ2v) is 11.5. The smallest absolute Gasteiger partial charge is 0.336 e. The molecule has 0 bridgehead atoms. The minimum atomic E-state index is -1.01. The number of carboxylic acid groups (broad SMARTS) is 2. The highest BCUT2D eigenvalue weighted by atomic mass is 33.7. The van der Waals surface area contributed by atoms with Gasteiger partial charge in [-0.25, -0.2) is 9.59 Å². The van der Waals surface area contributed by atoms with Gasteiger partial charge in [-0.15, -0.1) is 0 Å².